The van der Waals surface area contributed by atoms with E-state index in [1.54, 1.807) is 5.41 Å². The summed E-state index contributed by atoms with van der Waals surface area (Å²) in [5.74, 6) is 0. The van der Waals surface area contributed by atoms with Crippen molar-refractivity contribution in [3.05, 3.63) is 100 Å². The Balaban J connectivity index is 0.00000400. The zero-order chi connectivity index (χ0) is 31.0. The largest absolute Gasteiger partial charge is 0.331 e. The summed E-state index contributed by atoms with van der Waals surface area (Å²) >= 11 is 0. The number of urea groups is 1. The Bertz CT molecular complexity index is 1620. The number of anilines is 1. The fourth-order valence-corrected chi connectivity index (χ4v) is 15.7. The molecular formula is C36H47ClN4O2SSi. The van der Waals surface area contributed by atoms with E-state index >= 15 is 4.21 Å². The molecule has 6 nitrogen and oxygen atoms in total. The van der Waals surface area contributed by atoms with Gasteiger partial charge in [-0.3, -0.25) is 0 Å². The molecular weight excluding hydrogens is 616 g/mol. The number of hydrogen-bond acceptors (Lipinski definition) is 4. The van der Waals surface area contributed by atoms with E-state index in [1.807, 2.05) is 42.5 Å². The van der Waals surface area contributed by atoms with E-state index in [0.29, 0.717) is 0 Å². The van der Waals surface area contributed by atoms with Crippen LogP contribution >= 0.6 is 12.4 Å². The first-order valence-corrected chi connectivity index (χ1v) is 19.6. The van der Waals surface area contributed by atoms with Crippen LogP contribution in [0, 0.1) is 0 Å². The maximum atomic E-state index is 15.3. The van der Waals surface area contributed by atoms with Crippen LogP contribution < -0.4 is 25.7 Å². The van der Waals surface area contributed by atoms with Gasteiger partial charge in [0.05, 0.1) is 0 Å². The summed E-state index contributed by atoms with van der Waals surface area (Å²) in [6.07, 6.45) is 10.2. The van der Waals surface area contributed by atoms with Crippen molar-refractivity contribution in [1.82, 2.24) is 10.0 Å². The Morgan fingerprint density at radius 1 is 0.911 bits per heavy atom. The molecule has 1 unspecified atom stereocenters. The molecule has 240 valence electrons. The molecule has 3 N–H and O–H groups in total. The molecule has 6 rings (SSSR count). The average Bonchev–Trinajstić information content (AvgIpc) is 3.77. The molecule has 9 heteroatoms. The SMILES string of the molecule is CC(C)(C)[Si](N=S(=O)(/C=C/[C@@]1(C)CCCN1)NC(=O)Nc1c2c(cc3c1CCC3)CCC2)(c1ccccc1)c1ccccc1.Cl. The number of carbonyl (C=O) groups excluding carboxylic acids is 1. The number of halogens is 1. The third-order valence-corrected chi connectivity index (χ3v) is 17.4. The van der Waals surface area contributed by atoms with Gasteiger partial charge in [0, 0.05) is 16.6 Å². The fourth-order valence-electron chi connectivity index (χ4n) is 7.47. The Labute approximate surface area is 276 Å². The zero-order valence-corrected chi connectivity index (χ0v) is 29.6. The lowest BCUT2D eigenvalue weighted by Gasteiger charge is -2.40. The predicted octanol–water partition coefficient (Wildman–Crippen LogP) is 6.81. The van der Waals surface area contributed by atoms with Crippen LogP contribution in [0.4, 0.5) is 10.5 Å². The molecule has 2 atom stereocenters. The first kappa shape index (κ1) is 33.5. The molecule has 0 bridgehead atoms. The number of hydrogen-bond donors (Lipinski definition) is 3. The molecule has 0 aromatic heterocycles. The van der Waals surface area contributed by atoms with Gasteiger partial charge in [-0.05, 0) is 103 Å². The van der Waals surface area contributed by atoms with Crippen molar-refractivity contribution < 1.29 is 9.00 Å². The molecule has 3 aromatic rings. The Morgan fingerprint density at radius 2 is 1.47 bits per heavy atom. The van der Waals surface area contributed by atoms with Gasteiger partial charge in [0.25, 0.3) is 8.24 Å². The molecule has 3 aromatic carbocycles. The van der Waals surface area contributed by atoms with Crippen LogP contribution in [0.3, 0.4) is 0 Å². The van der Waals surface area contributed by atoms with Gasteiger partial charge in [0.1, 0.15) is 9.92 Å². The minimum absolute atomic E-state index is 0. The number of benzene rings is 3. The second-order valence-corrected chi connectivity index (χ2v) is 20.3. The standard InChI is InChI=1S/C36H46N4O2SSi.ClH/c1-35(2,3)44(29-16-7-5-8-17-29,30-18-9-6-10-19-30)40-43(42,25-23-36(4)22-13-24-37-36)39-34(41)38-33-31-20-11-14-27(31)26-28-15-12-21-32(28)33;/h5-10,16-19,23,25-26,37H,11-15,20-22,24H2,1-4H3,(H2,38,39,40,41,42);1H/b25-23+;/t36-,43?;/m1./s1. The van der Waals surface area contributed by atoms with E-state index in [-0.39, 0.29) is 23.0 Å². The topological polar surface area (TPSA) is 82.6 Å². The first-order chi connectivity index (χ1) is 21.0. The summed E-state index contributed by atoms with van der Waals surface area (Å²) < 4.78 is 23.8. The second kappa shape index (κ2) is 13.1. The van der Waals surface area contributed by atoms with Crippen LogP contribution in [0.1, 0.15) is 75.6 Å². The second-order valence-electron chi connectivity index (χ2n) is 13.9. The first-order valence-electron chi connectivity index (χ1n) is 16.1. The predicted molar refractivity (Wildman–Crippen MR) is 193 cm³/mol. The molecule has 45 heavy (non-hydrogen) atoms. The lowest BCUT2D eigenvalue weighted by atomic mass is 9.99. The highest BCUT2D eigenvalue weighted by Gasteiger charge is 2.50. The summed E-state index contributed by atoms with van der Waals surface area (Å²) in [6, 6.07) is 22.4. The highest BCUT2D eigenvalue weighted by atomic mass is 35.5. The minimum Gasteiger partial charge on any atom is -0.308 e. The van der Waals surface area contributed by atoms with E-state index in [9.17, 15) is 4.79 Å². The zero-order valence-electron chi connectivity index (χ0n) is 26.9. The maximum absolute atomic E-state index is 15.3. The average molecular weight is 663 g/mol. The number of amides is 2. The molecule has 0 radical (unpaired) electrons. The van der Waals surface area contributed by atoms with Crippen molar-refractivity contribution in [2.75, 3.05) is 11.9 Å². The Kier molecular flexibility index (Phi) is 9.71. The highest BCUT2D eigenvalue weighted by Crippen LogP contribution is 2.40. The normalized spacial score (nSPS) is 20.6. The molecule has 1 aliphatic heterocycles. The summed E-state index contributed by atoms with van der Waals surface area (Å²) in [5.41, 5.74) is 5.81. The summed E-state index contributed by atoms with van der Waals surface area (Å²) in [5, 5.41) is 10.2. The number of nitrogens with zero attached hydrogens (tertiary/aromatic N) is 1. The van der Waals surface area contributed by atoms with Crippen LogP contribution in [0.15, 0.2) is 82.2 Å². The van der Waals surface area contributed by atoms with E-state index in [4.69, 9.17) is 4.03 Å². The molecule has 0 spiro atoms. The summed E-state index contributed by atoms with van der Waals surface area (Å²) in [7, 11) is -6.54. The molecule has 2 aliphatic carbocycles. The molecule has 0 saturated carbocycles. The van der Waals surface area contributed by atoms with E-state index in [1.165, 1.54) is 22.3 Å². The van der Waals surface area contributed by atoms with Crippen molar-refractivity contribution >= 4 is 52.6 Å². The third-order valence-electron chi connectivity index (χ3n) is 9.71. The minimum atomic E-state index is -3.40. The van der Waals surface area contributed by atoms with Crippen LogP contribution in [-0.2, 0) is 35.6 Å². The van der Waals surface area contributed by atoms with Crippen molar-refractivity contribution in [3.63, 3.8) is 0 Å². The van der Waals surface area contributed by atoms with Gasteiger partial charge in [-0.25, -0.2) is 17.8 Å². The van der Waals surface area contributed by atoms with Gasteiger partial charge in [0.2, 0.25) is 0 Å². The van der Waals surface area contributed by atoms with Crippen LogP contribution in [-0.4, -0.2) is 30.6 Å². The van der Waals surface area contributed by atoms with E-state index in [0.717, 1.165) is 74.0 Å². The highest BCUT2D eigenvalue weighted by molar-refractivity contribution is 7.96. The van der Waals surface area contributed by atoms with Gasteiger partial charge in [-0.15, -0.1) is 12.4 Å². The van der Waals surface area contributed by atoms with Crippen LogP contribution in [0.5, 0.6) is 0 Å². The van der Waals surface area contributed by atoms with Crippen molar-refractivity contribution in [2.24, 2.45) is 4.03 Å². The molecule has 1 heterocycles. The molecule has 1 fully saturated rings. The van der Waals surface area contributed by atoms with Gasteiger partial charge < -0.3 is 10.6 Å². The molecule has 3 aliphatic rings. The number of nitrogens with one attached hydrogen (secondary N) is 3. The summed E-state index contributed by atoms with van der Waals surface area (Å²) in [4.78, 5) is 14.0. The van der Waals surface area contributed by atoms with Crippen LogP contribution in [0.2, 0.25) is 5.04 Å². The van der Waals surface area contributed by atoms with Gasteiger partial charge in [-0.1, -0.05) is 93.6 Å². The fraction of sp³-hybridized carbons (Fsp3) is 0.417. The van der Waals surface area contributed by atoms with E-state index in [2.05, 4.69) is 73.4 Å². The molecule has 2 amide bonds. The third kappa shape index (κ3) is 6.66. The van der Waals surface area contributed by atoms with Gasteiger partial charge >= 0.3 is 6.03 Å². The van der Waals surface area contributed by atoms with Gasteiger partial charge in [0.15, 0.2) is 0 Å². The number of aryl methyl sites for hydroxylation is 2. The number of fused-ring (bicyclic) bond motifs is 2. The quantitative estimate of drug-likeness (QED) is 0.243. The van der Waals surface area contributed by atoms with Crippen molar-refractivity contribution in [1.29, 1.82) is 0 Å². The lowest BCUT2D eigenvalue weighted by Crippen LogP contribution is -2.64. The maximum Gasteiger partial charge on any atom is 0.331 e. The monoisotopic (exact) mass is 662 g/mol. The Morgan fingerprint density at radius 3 is 1.96 bits per heavy atom. The number of rotatable bonds is 7. The Hall–Kier alpha value is -2.91. The number of carbonyl (C=O) groups is 1. The van der Waals surface area contributed by atoms with E-state index < -0.39 is 24.2 Å². The van der Waals surface area contributed by atoms with Gasteiger partial charge in [-0.2, -0.15) is 0 Å². The van der Waals surface area contributed by atoms with Crippen LogP contribution in [0.25, 0.3) is 0 Å². The molecule has 1 saturated heterocycles. The lowest BCUT2D eigenvalue weighted by molar-refractivity contribution is 0.257. The van der Waals surface area contributed by atoms with Crippen molar-refractivity contribution in [2.45, 2.75) is 89.6 Å². The van der Waals surface area contributed by atoms with Crippen molar-refractivity contribution in [3.8, 4) is 0 Å². The summed E-state index contributed by atoms with van der Waals surface area (Å²) in [6.45, 7) is 9.58. The smallest absolute Gasteiger partial charge is 0.308 e.